The van der Waals surface area contributed by atoms with Crippen molar-refractivity contribution in [1.82, 2.24) is 15.5 Å². The van der Waals surface area contributed by atoms with Crippen LogP contribution in [0.25, 0.3) is 0 Å². The van der Waals surface area contributed by atoms with Crippen molar-refractivity contribution in [2.75, 3.05) is 33.5 Å². The summed E-state index contributed by atoms with van der Waals surface area (Å²) >= 11 is 0. The standard InChI is InChI=1S/C12H21N3O3/c1-9-10(3-5-13-9)12-14-11(15-18-12)4-6-17-8-7-16-2/h9-10,13H,3-8H2,1-2H3. The van der Waals surface area contributed by atoms with Crippen molar-refractivity contribution in [2.45, 2.75) is 31.7 Å². The average Bonchev–Trinajstić information content (AvgIpc) is 2.97. The van der Waals surface area contributed by atoms with Gasteiger partial charge in [0.25, 0.3) is 0 Å². The Labute approximate surface area is 107 Å². The lowest BCUT2D eigenvalue weighted by atomic mass is 10.0. The summed E-state index contributed by atoms with van der Waals surface area (Å²) in [5.41, 5.74) is 0. The molecule has 1 aliphatic rings. The minimum absolute atomic E-state index is 0.348. The molecule has 6 nitrogen and oxygen atoms in total. The van der Waals surface area contributed by atoms with Crippen LogP contribution in [0.4, 0.5) is 0 Å². The van der Waals surface area contributed by atoms with E-state index in [1.54, 1.807) is 7.11 Å². The molecule has 1 aromatic heterocycles. The first-order chi connectivity index (χ1) is 8.81. The van der Waals surface area contributed by atoms with Crippen molar-refractivity contribution in [3.05, 3.63) is 11.7 Å². The Morgan fingerprint density at radius 2 is 2.28 bits per heavy atom. The van der Waals surface area contributed by atoms with E-state index in [1.807, 2.05) is 0 Å². The molecule has 0 radical (unpaired) electrons. The van der Waals surface area contributed by atoms with E-state index in [0.717, 1.165) is 24.7 Å². The van der Waals surface area contributed by atoms with Crippen LogP contribution in [0, 0.1) is 0 Å². The first-order valence-corrected chi connectivity index (χ1v) is 6.44. The summed E-state index contributed by atoms with van der Waals surface area (Å²) in [6.07, 6.45) is 1.74. The maximum absolute atomic E-state index is 5.37. The molecule has 102 valence electrons. The molecule has 1 aliphatic heterocycles. The molecule has 0 amide bonds. The van der Waals surface area contributed by atoms with Gasteiger partial charge in [0.1, 0.15) is 0 Å². The van der Waals surface area contributed by atoms with E-state index >= 15 is 0 Å². The Hall–Kier alpha value is -0.980. The fourth-order valence-corrected chi connectivity index (χ4v) is 2.12. The zero-order valence-corrected chi connectivity index (χ0v) is 11.0. The molecule has 1 saturated heterocycles. The average molecular weight is 255 g/mol. The predicted molar refractivity (Wildman–Crippen MR) is 65.5 cm³/mol. The summed E-state index contributed by atoms with van der Waals surface area (Å²) in [5, 5.41) is 7.37. The van der Waals surface area contributed by atoms with Crippen LogP contribution in [0.5, 0.6) is 0 Å². The number of ether oxygens (including phenoxy) is 2. The molecular weight excluding hydrogens is 234 g/mol. The van der Waals surface area contributed by atoms with E-state index in [2.05, 4.69) is 22.4 Å². The molecule has 0 aromatic carbocycles. The molecule has 2 atom stereocenters. The molecule has 1 N–H and O–H groups in total. The quantitative estimate of drug-likeness (QED) is 0.725. The maximum atomic E-state index is 5.37. The molecule has 0 bridgehead atoms. The number of rotatable bonds is 7. The fraction of sp³-hybridized carbons (Fsp3) is 0.833. The lowest BCUT2D eigenvalue weighted by Gasteiger charge is -2.08. The maximum Gasteiger partial charge on any atom is 0.231 e. The van der Waals surface area contributed by atoms with Gasteiger partial charge in [-0.1, -0.05) is 5.16 Å². The number of methoxy groups -OCH3 is 1. The highest BCUT2D eigenvalue weighted by atomic mass is 16.5. The summed E-state index contributed by atoms with van der Waals surface area (Å²) < 4.78 is 15.6. The Morgan fingerprint density at radius 1 is 1.39 bits per heavy atom. The smallest absolute Gasteiger partial charge is 0.231 e. The lowest BCUT2D eigenvalue weighted by Crippen LogP contribution is -2.21. The predicted octanol–water partition coefficient (Wildman–Crippen LogP) is 0.740. The van der Waals surface area contributed by atoms with E-state index in [1.165, 1.54) is 0 Å². The largest absolute Gasteiger partial charge is 0.382 e. The van der Waals surface area contributed by atoms with E-state index in [0.29, 0.717) is 38.2 Å². The van der Waals surface area contributed by atoms with Crippen LogP contribution in [0.1, 0.15) is 31.0 Å². The van der Waals surface area contributed by atoms with Crippen molar-refractivity contribution in [3.8, 4) is 0 Å². The molecule has 1 fully saturated rings. The van der Waals surface area contributed by atoms with Crippen molar-refractivity contribution < 1.29 is 14.0 Å². The van der Waals surface area contributed by atoms with Crippen LogP contribution in [-0.4, -0.2) is 49.7 Å². The van der Waals surface area contributed by atoms with Gasteiger partial charge in [-0.2, -0.15) is 4.98 Å². The molecule has 2 heterocycles. The van der Waals surface area contributed by atoms with Crippen LogP contribution in [0.15, 0.2) is 4.52 Å². The molecule has 6 heteroatoms. The summed E-state index contributed by atoms with van der Waals surface area (Å²) in [7, 11) is 1.66. The van der Waals surface area contributed by atoms with Gasteiger partial charge in [-0.3, -0.25) is 0 Å². The highest BCUT2D eigenvalue weighted by molar-refractivity contribution is 5.02. The van der Waals surface area contributed by atoms with Crippen molar-refractivity contribution in [2.24, 2.45) is 0 Å². The van der Waals surface area contributed by atoms with Gasteiger partial charge < -0.3 is 19.3 Å². The Balaban J connectivity index is 1.75. The van der Waals surface area contributed by atoms with Crippen molar-refractivity contribution in [1.29, 1.82) is 0 Å². The van der Waals surface area contributed by atoms with Crippen LogP contribution in [0.2, 0.25) is 0 Å². The summed E-state index contributed by atoms with van der Waals surface area (Å²) in [5.74, 6) is 1.82. The normalized spacial score (nSPS) is 23.7. The second-order valence-electron chi connectivity index (χ2n) is 4.54. The van der Waals surface area contributed by atoms with Gasteiger partial charge in [-0.15, -0.1) is 0 Å². The highest BCUT2D eigenvalue weighted by Crippen LogP contribution is 2.25. The third kappa shape index (κ3) is 3.51. The second kappa shape index (κ2) is 6.82. The number of hydrogen-bond acceptors (Lipinski definition) is 6. The van der Waals surface area contributed by atoms with Crippen LogP contribution >= 0.6 is 0 Å². The third-order valence-electron chi connectivity index (χ3n) is 3.23. The number of nitrogens with one attached hydrogen (secondary N) is 1. The zero-order valence-electron chi connectivity index (χ0n) is 11.0. The SMILES string of the molecule is COCCOCCc1noc(C2CCNC2C)n1. The van der Waals surface area contributed by atoms with Gasteiger partial charge in [0.15, 0.2) is 5.82 Å². The number of hydrogen-bond donors (Lipinski definition) is 1. The monoisotopic (exact) mass is 255 g/mol. The second-order valence-corrected chi connectivity index (χ2v) is 4.54. The molecule has 2 unspecified atom stereocenters. The van der Waals surface area contributed by atoms with E-state index in [4.69, 9.17) is 14.0 Å². The molecule has 18 heavy (non-hydrogen) atoms. The molecule has 0 aliphatic carbocycles. The molecule has 2 rings (SSSR count). The van der Waals surface area contributed by atoms with Gasteiger partial charge in [-0.05, 0) is 19.9 Å². The topological polar surface area (TPSA) is 69.4 Å². The summed E-state index contributed by atoms with van der Waals surface area (Å²) in [6.45, 7) is 4.98. The van der Waals surface area contributed by atoms with Crippen molar-refractivity contribution >= 4 is 0 Å². The van der Waals surface area contributed by atoms with E-state index in [9.17, 15) is 0 Å². The first-order valence-electron chi connectivity index (χ1n) is 6.44. The summed E-state index contributed by atoms with van der Waals surface area (Å²) in [4.78, 5) is 4.43. The molecule has 0 saturated carbocycles. The van der Waals surface area contributed by atoms with Gasteiger partial charge >= 0.3 is 0 Å². The Bertz CT molecular complexity index is 356. The Kier molecular flexibility index (Phi) is 5.10. The van der Waals surface area contributed by atoms with Gasteiger partial charge in [0.05, 0.1) is 25.7 Å². The van der Waals surface area contributed by atoms with Crippen LogP contribution in [-0.2, 0) is 15.9 Å². The highest BCUT2D eigenvalue weighted by Gasteiger charge is 2.29. The van der Waals surface area contributed by atoms with Gasteiger partial charge in [-0.25, -0.2) is 0 Å². The van der Waals surface area contributed by atoms with Crippen LogP contribution < -0.4 is 5.32 Å². The number of nitrogens with zero attached hydrogens (tertiary/aromatic N) is 2. The van der Waals surface area contributed by atoms with Gasteiger partial charge in [0.2, 0.25) is 5.89 Å². The lowest BCUT2D eigenvalue weighted by molar-refractivity contribution is 0.0714. The third-order valence-corrected chi connectivity index (χ3v) is 3.23. The Morgan fingerprint density at radius 3 is 3.00 bits per heavy atom. The van der Waals surface area contributed by atoms with Crippen LogP contribution in [0.3, 0.4) is 0 Å². The van der Waals surface area contributed by atoms with Crippen molar-refractivity contribution in [3.63, 3.8) is 0 Å². The first kappa shape index (κ1) is 13.5. The molecule has 1 aromatic rings. The van der Waals surface area contributed by atoms with E-state index in [-0.39, 0.29) is 0 Å². The minimum Gasteiger partial charge on any atom is -0.382 e. The molecule has 0 spiro atoms. The van der Waals surface area contributed by atoms with Gasteiger partial charge in [0, 0.05) is 19.6 Å². The molecular formula is C12H21N3O3. The zero-order chi connectivity index (χ0) is 12.8. The summed E-state index contributed by atoms with van der Waals surface area (Å²) in [6, 6.07) is 0.413. The minimum atomic E-state index is 0.348. The number of aromatic nitrogens is 2. The van der Waals surface area contributed by atoms with E-state index < -0.39 is 0 Å². The fourth-order valence-electron chi connectivity index (χ4n) is 2.12.